The molecule has 0 amide bonds. The lowest BCUT2D eigenvalue weighted by atomic mass is 10.0. The minimum absolute atomic E-state index is 0.0849. The van der Waals surface area contributed by atoms with E-state index in [1.165, 1.54) is 0 Å². The number of hydrogen-bond donors (Lipinski definition) is 0. The van der Waals surface area contributed by atoms with Crippen molar-refractivity contribution >= 4 is 28.3 Å². The Bertz CT molecular complexity index is 1620. The van der Waals surface area contributed by atoms with Gasteiger partial charge in [0.05, 0.1) is 37.0 Å². The van der Waals surface area contributed by atoms with Gasteiger partial charge in [-0.15, -0.1) is 0 Å². The second kappa shape index (κ2) is 11.6. The summed E-state index contributed by atoms with van der Waals surface area (Å²) in [6.07, 6.45) is 2.32. The molecule has 4 aromatic carbocycles. The number of ketones is 1. The fourth-order valence-corrected chi connectivity index (χ4v) is 4.94. The van der Waals surface area contributed by atoms with Crippen molar-refractivity contribution < 1.29 is 19.1 Å². The van der Waals surface area contributed by atoms with Crippen molar-refractivity contribution in [2.75, 3.05) is 31.2 Å². The number of morpholine rings is 1. The van der Waals surface area contributed by atoms with E-state index in [2.05, 4.69) is 10.00 Å². The van der Waals surface area contributed by atoms with E-state index in [0.717, 1.165) is 59.7 Å². The number of carbonyl (C=O) groups is 2. The third kappa shape index (κ3) is 5.80. The normalized spacial score (nSPS) is 13.3. The van der Waals surface area contributed by atoms with Crippen LogP contribution in [0.2, 0.25) is 0 Å². The summed E-state index contributed by atoms with van der Waals surface area (Å²) in [5.74, 6) is 0.315. The second-order valence-corrected chi connectivity index (χ2v) is 9.83. The van der Waals surface area contributed by atoms with Crippen LogP contribution in [0.1, 0.15) is 21.5 Å². The number of fused-ring (bicyclic) bond motifs is 1. The molecule has 1 saturated heterocycles. The van der Waals surface area contributed by atoms with Crippen molar-refractivity contribution in [2.24, 2.45) is 0 Å². The molecule has 0 saturated carbocycles. The Morgan fingerprint density at radius 2 is 1.48 bits per heavy atom. The number of nitrogens with zero attached hydrogens (tertiary/aromatic N) is 3. The Kier molecular flexibility index (Phi) is 7.37. The first-order valence-corrected chi connectivity index (χ1v) is 13.4. The molecule has 6 rings (SSSR count). The Labute approximate surface area is 232 Å². The van der Waals surface area contributed by atoms with E-state index in [1.54, 1.807) is 12.1 Å². The molecular weight excluding hydrogens is 502 g/mol. The fourth-order valence-electron chi connectivity index (χ4n) is 4.94. The van der Waals surface area contributed by atoms with Gasteiger partial charge >= 0.3 is 5.97 Å². The van der Waals surface area contributed by atoms with Crippen LogP contribution in [0.5, 0.6) is 5.75 Å². The summed E-state index contributed by atoms with van der Waals surface area (Å²) in [5, 5.41) is 5.53. The molecule has 200 valence electrons. The smallest absolute Gasteiger partial charge is 0.315 e. The van der Waals surface area contributed by atoms with E-state index in [9.17, 15) is 9.59 Å². The number of Topliss-reactive ketones (excluding diaryl/α,β-unsaturated/α-hetero) is 1. The van der Waals surface area contributed by atoms with Gasteiger partial charge in [0.15, 0.2) is 5.78 Å². The maximum absolute atomic E-state index is 13.0. The highest BCUT2D eigenvalue weighted by Crippen LogP contribution is 2.22. The third-order valence-corrected chi connectivity index (χ3v) is 7.07. The molecule has 0 N–H and O–H groups in total. The third-order valence-electron chi connectivity index (χ3n) is 7.07. The predicted molar refractivity (Wildman–Crippen MR) is 154 cm³/mol. The summed E-state index contributed by atoms with van der Waals surface area (Å²) in [5.41, 5.74) is 5.47. The first-order valence-electron chi connectivity index (χ1n) is 13.4. The molecule has 0 aliphatic carbocycles. The average Bonchev–Trinajstić information content (AvgIpc) is 3.42. The Balaban J connectivity index is 1.10. The topological polar surface area (TPSA) is 73.7 Å². The number of aromatic nitrogens is 2. The van der Waals surface area contributed by atoms with Crippen molar-refractivity contribution in [1.82, 2.24) is 9.78 Å². The maximum Gasteiger partial charge on any atom is 0.315 e. The van der Waals surface area contributed by atoms with Gasteiger partial charge in [-0.3, -0.25) is 9.59 Å². The van der Waals surface area contributed by atoms with Crippen LogP contribution in [0.4, 0.5) is 5.69 Å². The highest BCUT2D eigenvalue weighted by molar-refractivity contribution is 5.98. The highest BCUT2D eigenvalue weighted by atomic mass is 16.5. The molecule has 5 aromatic rings. The molecule has 0 bridgehead atoms. The molecule has 7 nitrogen and oxygen atoms in total. The monoisotopic (exact) mass is 531 g/mol. The van der Waals surface area contributed by atoms with E-state index >= 15 is 0 Å². The largest absolute Gasteiger partial charge is 0.426 e. The van der Waals surface area contributed by atoms with Gasteiger partial charge in [-0.25, -0.2) is 4.68 Å². The van der Waals surface area contributed by atoms with Crippen molar-refractivity contribution in [1.29, 1.82) is 0 Å². The molecule has 0 unspecified atom stereocenters. The van der Waals surface area contributed by atoms with E-state index in [0.29, 0.717) is 17.7 Å². The zero-order valence-corrected chi connectivity index (χ0v) is 22.0. The molecule has 40 heavy (non-hydrogen) atoms. The number of rotatable bonds is 8. The van der Waals surface area contributed by atoms with Crippen molar-refractivity contribution in [3.8, 4) is 11.4 Å². The second-order valence-electron chi connectivity index (χ2n) is 9.83. The summed E-state index contributed by atoms with van der Waals surface area (Å²) < 4.78 is 12.7. The maximum atomic E-state index is 13.0. The number of hydrogen-bond acceptors (Lipinski definition) is 6. The summed E-state index contributed by atoms with van der Waals surface area (Å²) >= 11 is 0. The van der Waals surface area contributed by atoms with Gasteiger partial charge in [-0.1, -0.05) is 36.4 Å². The molecule has 0 atom stereocenters. The highest BCUT2D eigenvalue weighted by Gasteiger charge is 2.14. The SMILES string of the molecule is O=C(Cc1ccc(-n2ncc3cc(CC(=O)c4ccc(N5CCOCC5)cc4)ccc32)cc1)Oc1ccccc1. The average molecular weight is 532 g/mol. The summed E-state index contributed by atoms with van der Waals surface area (Å²) in [6.45, 7) is 3.20. The first-order chi connectivity index (χ1) is 19.6. The Morgan fingerprint density at radius 1 is 0.775 bits per heavy atom. The fraction of sp³-hybridized carbons (Fsp3) is 0.182. The zero-order chi connectivity index (χ0) is 27.3. The van der Waals surface area contributed by atoms with Crippen molar-refractivity contribution in [3.05, 3.63) is 120 Å². The van der Waals surface area contributed by atoms with Gasteiger partial charge in [0.25, 0.3) is 0 Å². The van der Waals surface area contributed by atoms with E-state index < -0.39 is 0 Å². The number of esters is 1. The van der Waals surface area contributed by atoms with Crippen molar-refractivity contribution in [3.63, 3.8) is 0 Å². The first kappa shape index (κ1) is 25.5. The van der Waals surface area contributed by atoms with Crippen LogP contribution in [0.15, 0.2) is 103 Å². The van der Waals surface area contributed by atoms with Gasteiger partial charge in [-0.05, 0) is 71.8 Å². The molecule has 2 heterocycles. The molecule has 1 aromatic heterocycles. The number of carbonyl (C=O) groups excluding carboxylic acids is 2. The molecule has 7 heteroatoms. The van der Waals surface area contributed by atoms with E-state index in [-0.39, 0.29) is 18.2 Å². The van der Waals surface area contributed by atoms with Crippen LogP contribution < -0.4 is 9.64 Å². The van der Waals surface area contributed by atoms with Crippen LogP contribution in [0.25, 0.3) is 16.6 Å². The molecule has 1 aliphatic heterocycles. The minimum atomic E-state index is -0.307. The summed E-state index contributed by atoms with van der Waals surface area (Å²) in [7, 11) is 0. The number of anilines is 1. The predicted octanol–water partition coefficient (Wildman–Crippen LogP) is 5.44. The molecule has 1 aliphatic rings. The number of ether oxygens (including phenoxy) is 2. The lowest BCUT2D eigenvalue weighted by Gasteiger charge is -2.28. The van der Waals surface area contributed by atoms with Gasteiger partial charge in [-0.2, -0.15) is 5.10 Å². The van der Waals surface area contributed by atoms with E-state index in [1.807, 2.05) is 95.8 Å². The van der Waals surface area contributed by atoms with Crippen LogP contribution in [-0.2, 0) is 22.4 Å². The lowest BCUT2D eigenvalue weighted by Crippen LogP contribution is -2.36. The lowest BCUT2D eigenvalue weighted by molar-refractivity contribution is -0.133. The van der Waals surface area contributed by atoms with E-state index in [4.69, 9.17) is 9.47 Å². The quantitative estimate of drug-likeness (QED) is 0.151. The molecular formula is C33H29N3O4. The standard InChI is InChI=1S/C33H29N3O4/c37-32(26-9-13-28(14-10-26)35-16-18-39-19-17-35)21-25-8-15-31-27(20-25)23-34-36(31)29-11-6-24(7-12-29)22-33(38)40-30-4-2-1-3-5-30/h1-15,20,23H,16-19,21-22H2. The minimum Gasteiger partial charge on any atom is -0.426 e. The summed E-state index contributed by atoms with van der Waals surface area (Å²) in [4.78, 5) is 27.5. The van der Waals surface area contributed by atoms with Crippen molar-refractivity contribution in [2.45, 2.75) is 12.8 Å². The molecule has 0 spiro atoms. The molecule has 0 radical (unpaired) electrons. The summed E-state index contributed by atoms with van der Waals surface area (Å²) in [6, 6.07) is 30.6. The van der Waals surface area contributed by atoms with Crippen LogP contribution >= 0.6 is 0 Å². The van der Waals surface area contributed by atoms with Crippen LogP contribution in [-0.4, -0.2) is 47.8 Å². The van der Waals surface area contributed by atoms with Gasteiger partial charge < -0.3 is 14.4 Å². The van der Waals surface area contributed by atoms with Gasteiger partial charge in [0, 0.05) is 36.1 Å². The van der Waals surface area contributed by atoms with Crippen LogP contribution in [0.3, 0.4) is 0 Å². The molecule has 1 fully saturated rings. The van der Waals surface area contributed by atoms with Gasteiger partial charge in [0.2, 0.25) is 0 Å². The zero-order valence-electron chi connectivity index (χ0n) is 22.0. The van der Waals surface area contributed by atoms with Crippen LogP contribution in [0, 0.1) is 0 Å². The number of benzene rings is 4. The Morgan fingerprint density at radius 3 is 2.23 bits per heavy atom. The number of para-hydroxylation sites is 1. The Hall–Kier alpha value is -4.75. The van der Waals surface area contributed by atoms with Gasteiger partial charge in [0.1, 0.15) is 5.75 Å².